The fourth-order valence-electron chi connectivity index (χ4n) is 3.97. The zero-order chi connectivity index (χ0) is 22.1. The molecule has 1 aliphatic heterocycles. The molecule has 0 spiro atoms. The minimum atomic E-state index is -0.619. The first-order valence-corrected chi connectivity index (χ1v) is 10.3. The standard InChI is InChI=1S/C22H21ClN4O4/c23-15-4-3-5-16(12-15)27-21(30)17-6-1-2-7-18(17)26(22(27)31)13-19(28)25-10-8-14(9-11-25)20(24)29/h1-7,12,14H,8-11,13H2,(H2,24,29). The number of primary amides is 1. The summed E-state index contributed by atoms with van der Waals surface area (Å²) in [5, 5.41) is 0.708. The molecule has 31 heavy (non-hydrogen) atoms. The Kier molecular flexibility index (Phi) is 5.65. The first kappa shape index (κ1) is 20.9. The monoisotopic (exact) mass is 440 g/mol. The van der Waals surface area contributed by atoms with Crippen molar-refractivity contribution in [1.82, 2.24) is 14.0 Å². The van der Waals surface area contributed by atoms with Crippen LogP contribution in [0.3, 0.4) is 0 Å². The Bertz CT molecular complexity index is 1290. The van der Waals surface area contributed by atoms with Gasteiger partial charge < -0.3 is 10.6 Å². The van der Waals surface area contributed by atoms with E-state index in [1.165, 1.54) is 10.6 Å². The van der Waals surface area contributed by atoms with E-state index in [1.807, 2.05) is 0 Å². The Morgan fingerprint density at radius 1 is 1.03 bits per heavy atom. The summed E-state index contributed by atoms with van der Waals surface area (Å²) in [7, 11) is 0. The number of likely N-dealkylation sites (tertiary alicyclic amines) is 1. The number of fused-ring (bicyclic) bond motifs is 1. The van der Waals surface area contributed by atoms with E-state index < -0.39 is 11.2 Å². The summed E-state index contributed by atoms with van der Waals surface area (Å²) >= 11 is 6.06. The van der Waals surface area contributed by atoms with E-state index in [0.29, 0.717) is 47.5 Å². The molecule has 8 nitrogen and oxygen atoms in total. The van der Waals surface area contributed by atoms with Crippen LogP contribution in [0.2, 0.25) is 5.02 Å². The topological polar surface area (TPSA) is 107 Å². The largest absolute Gasteiger partial charge is 0.369 e. The fourth-order valence-corrected chi connectivity index (χ4v) is 4.15. The maximum Gasteiger partial charge on any atom is 0.336 e. The molecule has 0 unspecified atom stereocenters. The highest BCUT2D eigenvalue weighted by Crippen LogP contribution is 2.18. The number of nitrogens with zero attached hydrogens (tertiary/aromatic N) is 3. The molecule has 1 saturated heterocycles. The quantitative estimate of drug-likeness (QED) is 0.663. The van der Waals surface area contributed by atoms with Crippen molar-refractivity contribution in [2.45, 2.75) is 19.4 Å². The second-order valence-corrected chi connectivity index (χ2v) is 8.00. The molecule has 4 rings (SSSR count). The molecule has 2 N–H and O–H groups in total. The van der Waals surface area contributed by atoms with Gasteiger partial charge in [0.1, 0.15) is 6.54 Å². The van der Waals surface area contributed by atoms with Crippen molar-refractivity contribution in [3.63, 3.8) is 0 Å². The minimum absolute atomic E-state index is 0.221. The summed E-state index contributed by atoms with van der Waals surface area (Å²) in [6.45, 7) is 0.571. The molecule has 3 aromatic rings. The third-order valence-corrected chi connectivity index (χ3v) is 5.90. The number of carbonyl (C=O) groups excluding carboxylic acids is 2. The molecule has 1 aliphatic rings. The number of hydrogen-bond donors (Lipinski definition) is 1. The summed E-state index contributed by atoms with van der Waals surface area (Å²) < 4.78 is 2.33. The van der Waals surface area contributed by atoms with Crippen molar-refractivity contribution < 1.29 is 9.59 Å². The Morgan fingerprint density at radius 3 is 2.42 bits per heavy atom. The van der Waals surface area contributed by atoms with E-state index in [4.69, 9.17) is 17.3 Å². The SMILES string of the molecule is NC(=O)C1CCN(C(=O)Cn2c(=O)n(-c3cccc(Cl)c3)c(=O)c3ccccc32)CC1. The lowest BCUT2D eigenvalue weighted by Crippen LogP contribution is -2.46. The predicted octanol–water partition coefficient (Wildman–Crippen LogP) is 1.53. The summed E-state index contributed by atoms with van der Waals surface area (Å²) in [4.78, 5) is 52.4. The Hall–Kier alpha value is -3.39. The number of para-hydroxylation sites is 1. The summed E-state index contributed by atoms with van der Waals surface area (Å²) in [6, 6.07) is 13.1. The molecule has 2 aromatic carbocycles. The lowest BCUT2D eigenvalue weighted by molar-refractivity contribution is -0.135. The maximum atomic E-state index is 13.3. The number of aromatic nitrogens is 2. The van der Waals surface area contributed by atoms with Crippen molar-refractivity contribution in [2.75, 3.05) is 13.1 Å². The van der Waals surface area contributed by atoms with E-state index in [-0.39, 0.29) is 24.3 Å². The molecule has 2 heterocycles. The number of nitrogens with two attached hydrogens (primary N) is 1. The summed E-state index contributed by atoms with van der Waals surface area (Å²) in [6.07, 6.45) is 0.997. The third kappa shape index (κ3) is 3.98. The van der Waals surface area contributed by atoms with Gasteiger partial charge in [-0.2, -0.15) is 0 Å². The zero-order valence-corrected chi connectivity index (χ0v) is 17.4. The van der Waals surface area contributed by atoms with Crippen LogP contribution in [0.5, 0.6) is 0 Å². The highest BCUT2D eigenvalue weighted by Gasteiger charge is 2.27. The van der Waals surface area contributed by atoms with Gasteiger partial charge in [0.05, 0.1) is 16.6 Å². The average Bonchev–Trinajstić information content (AvgIpc) is 2.77. The molecule has 0 bridgehead atoms. The molecule has 1 aromatic heterocycles. The zero-order valence-electron chi connectivity index (χ0n) is 16.7. The Balaban J connectivity index is 1.76. The van der Waals surface area contributed by atoms with Crippen LogP contribution in [0.15, 0.2) is 58.1 Å². The van der Waals surface area contributed by atoms with Crippen molar-refractivity contribution in [2.24, 2.45) is 11.7 Å². The second-order valence-electron chi connectivity index (χ2n) is 7.56. The third-order valence-electron chi connectivity index (χ3n) is 5.66. The van der Waals surface area contributed by atoms with Crippen molar-refractivity contribution in [3.8, 4) is 5.69 Å². The van der Waals surface area contributed by atoms with Gasteiger partial charge in [0.2, 0.25) is 11.8 Å². The first-order chi connectivity index (χ1) is 14.9. The molecule has 0 saturated carbocycles. The van der Waals surface area contributed by atoms with E-state index in [9.17, 15) is 19.2 Å². The van der Waals surface area contributed by atoms with Crippen molar-refractivity contribution >= 4 is 34.3 Å². The predicted molar refractivity (Wildman–Crippen MR) is 117 cm³/mol. The molecule has 0 aliphatic carbocycles. The van der Waals surface area contributed by atoms with E-state index >= 15 is 0 Å². The van der Waals surface area contributed by atoms with Gasteiger partial charge >= 0.3 is 5.69 Å². The Morgan fingerprint density at radius 2 is 1.74 bits per heavy atom. The normalized spacial score (nSPS) is 14.7. The van der Waals surface area contributed by atoms with Gasteiger partial charge in [-0.15, -0.1) is 0 Å². The molecular weight excluding hydrogens is 420 g/mol. The molecule has 2 amide bonds. The van der Waals surface area contributed by atoms with Crippen LogP contribution < -0.4 is 17.0 Å². The number of benzene rings is 2. The lowest BCUT2D eigenvalue weighted by Gasteiger charge is -2.31. The van der Waals surface area contributed by atoms with E-state index in [1.54, 1.807) is 47.4 Å². The van der Waals surface area contributed by atoms with Gasteiger partial charge in [0.25, 0.3) is 5.56 Å². The van der Waals surface area contributed by atoms with E-state index in [0.717, 1.165) is 4.57 Å². The summed E-state index contributed by atoms with van der Waals surface area (Å²) in [5.41, 5.74) is 4.98. The highest BCUT2D eigenvalue weighted by atomic mass is 35.5. The number of halogens is 1. The van der Waals surface area contributed by atoms with Crippen LogP contribution in [0.1, 0.15) is 12.8 Å². The molecule has 9 heteroatoms. The fraction of sp³-hybridized carbons (Fsp3) is 0.273. The minimum Gasteiger partial charge on any atom is -0.369 e. The first-order valence-electron chi connectivity index (χ1n) is 9.94. The van der Waals surface area contributed by atoms with Crippen LogP contribution >= 0.6 is 11.6 Å². The van der Waals surface area contributed by atoms with Crippen LogP contribution in [-0.2, 0) is 16.1 Å². The molecular formula is C22H21ClN4O4. The number of carbonyl (C=O) groups is 2. The number of piperidine rings is 1. The molecule has 0 radical (unpaired) electrons. The number of hydrogen-bond acceptors (Lipinski definition) is 4. The molecule has 1 fully saturated rings. The maximum absolute atomic E-state index is 13.3. The van der Waals surface area contributed by atoms with Crippen LogP contribution in [0.4, 0.5) is 0 Å². The van der Waals surface area contributed by atoms with Crippen LogP contribution in [0.25, 0.3) is 16.6 Å². The average molecular weight is 441 g/mol. The van der Waals surface area contributed by atoms with Gasteiger partial charge in [-0.05, 0) is 43.2 Å². The highest BCUT2D eigenvalue weighted by molar-refractivity contribution is 6.30. The van der Waals surface area contributed by atoms with E-state index in [2.05, 4.69) is 0 Å². The number of rotatable bonds is 4. The number of amides is 2. The molecule has 160 valence electrons. The van der Waals surface area contributed by atoms with Crippen molar-refractivity contribution in [3.05, 3.63) is 74.4 Å². The molecule has 0 atom stereocenters. The smallest absolute Gasteiger partial charge is 0.336 e. The van der Waals surface area contributed by atoms with Crippen molar-refractivity contribution in [1.29, 1.82) is 0 Å². The van der Waals surface area contributed by atoms with Crippen LogP contribution in [-0.4, -0.2) is 38.9 Å². The lowest BCUT2D eigenvalue weighted by atomic mass is 9.96. The van der Waals surface area contributed by atoms with Gasteiger partial charge in [-0.25, -0.2) is 9.36 Å². The summed E-state index contributed by atoms with van der Waals surface area (Å²) in [5.74, 6) is -0.855. The van der Waals surface area contributed by atoms with Gasteiger partial charge in [0.15, 0.2) is 0 Å². The van der Waals surface area contributed by atoms with Crippen LogP contribution in [0, 0.1) is 5.92 Å². The van der Waals surface area contributed by atoms with Gasteiger partial charge in [-0.1, -0.05) is 29.8 Å². The van der Waals surface area contributed by atoms with Gasteiger partial charge in [-0.3, -0.25) is 19.0 Å². The Labute approximate surface area is 182 Å². The van der Waals surface area contributed by atoms with Gasteiger partial charge in [0, 0.05) is 24.0 Å². The second kappa shape index (κ2) is 8.39.